The van der Waals surface area contributed by atoms with E-state index in [-0.39, 0.29) is 18.3 Å². The summed E-state index contributed by atoms with van der Waals surface area (Å²) >= 11 is 0. The van der Waals surface area contributed by atoms with Crippen LogP contribution in [0.25, 0.3) is 0 Å². The number of rotatable bonds is 6. The van der Waals surface area contributed by atoms with Crippen molar-refractivity contribution in [3.05, 3.63) is 35.6 Å². The minimum atomic E-state index is -0.810. The van der Waals surface area contributed by atoms with E-state index in [0.29, 0.717) is 18.5 Å². The van der Waals surface area contributed by atoms with E-state index in [1.165, 1.54) is 6.07 Å². The Morgan fingerprint density at radius 3 is 2.71 bits per heavy atom. The van der Waals surface area contributed by atoms with Crippen molar-refractivity contribution in [2.45, 2.75) is 25.8 Å². The third-order valence-corrected chi connectivity index (χ3v) is 2.90. The molecule has 0 amide bonds. The number of nitrogens with zero attached hydrogens (tertiary/aromatic N) is 1. The summed E-state index contributed by atoms with van der Waals surface area (Å²) in [5.41, 5.74) is 0.669. The van der Waals surface area contributed by atoms with Gasteiger partial charge in [0.25, 0.3) is 0 Å². The van der Waals surface area contributed by atoms with Gasteiger partial charge in [-0.3, -0.25) is 4.79 Å². The van der Waals surface area contributed by atoms with Crippen LogP contribution in [0.1, 0.15) is 18.9 Å². The molecule has 17 heavy (non-hydrogen) atoms. The van der Waals surface area contributed by atoms with Crippen LogP contribution in [0.3, 0.4) is 0 Å². The van der Waals surface area contributed by atoms with E-state index in [1.807, 2.05) is 24.9 Å². The third-order valence-electron chi connectivity index (χ3n) is 2.90. The van der Waals surface area contributed by atoms with Crippen molar-refractivity contribution in [1.82, 2.24) is 4.90 Å². The van der Waals surface area contributed by atoms with Gasteiger partial charge >= 0.3 is 5.97 Å². The molecule has 94 valence electrons. The lowest BCUT2D eigenvalue weighted by molar-refractivity contribution is -0.137. The highest BCUT2D eigenvalue weighted by Gasteiger charge is 2.13. The van der Waals surface area contributed by atoms with Gasteiger partial charge in [-0.25, -0.2) is 4.39 Å². The molecular formula is C13H18FNO2. The van der Waals surface area contributed by atoms with Gasteiger partial charge in [0.15, 0.2) is 0 Å². The molecule has 0 heterocycles. The van der Waals surface area contributed by atoms with Crippen molar-refractivity contribution < 1.29 is 14.3 Å². The molecule has 1 aromatic rings. The number of hydrogen-bond donors (Lipinski definition) is 1. The Morgan fingerprint density at radius 1 is 1.47 bits per heavy atom. The lowest BCUT2D eigenvalue weighted by Gasteiger charge is -2.24. The van der Waals surface area contributed by atoms with E-state index in [4.69, 9.17) is 5.11 Å². The van der Waals surface area contributed by atoms with Crippen LogP contribution >= 0.6 is 0 Å². The van der Waals surface area contributed by atoms with Gasteiger partial charge in [-0.05, 0) is 32.0 Å². The topological polar surface area (TPSA) is 40.5 Å². The van der Waals surface area contributed by atoms with E-state index in [1.54, 1.807) is 12.1 Å². The zero-order chi connectivity index (χ0) is 12.8. The molecule has 1 atom stereocenters. The Morgan fingerprint density at radius 2 is 2.12 bits per heavy atom. The zero-order valence-corrected chi connectivity index (χ0v) is 10.2. The van der Waals surface area contributed by atoms with E-state index in [2.05, 4.69) is 0 Å². The van der Waals surface area contributed by atoms with Crippen molar-refractivity contribution in [2.24, 2.45) is 0 Å². The highest BCUT2D eigenvalue weighted by molar-refractivity contribution is 5.66. The summed E-state index contributed by atoms with van der Waals surface area (Å²) in [6.45, 7) is 2.44. The molecule has 1 rings (SSSR count). The first kappa shape index (κ1) is 13.6. The summed E-state index contributed by atoms with van der Waals surface area (Å²) < 4.78 is 13.4. The molecule has 1 aromatic carbocycles. The van der Waals surface area contributed by atoms with E-state index in [0.717, 1.165) is 0 Å². The minimum Gasteiger partial charge on any atom is -0.481 e. The van der Waals surface area contributed by atoms with Gasteiger partial charge in [-0.2, -0.15) is 0 Å². The number of halogens is 1. The monoisotopic (exact) mass is 239 g/mol. The molecule has 0 fully saturated rings. The normalized spacial score (nSPS) is 12.7. The van der Waals surface area contributed by atoms with Crippen LogP contribution < -0.4 is 0 Å². The van der Waals surface area contributed by atoms with Gasteiger partial charge in [-0.15, -0.1) is 0 Å². The molecule has 0 aliphatic heterocycles. The van der Waals surface area contributed by atoms with Gasteiger partial charge < -0.3 is 10.0 Å². The lowest BCUT2D eigenvalue weighted by atomic mass is 10.1. The lowest BCUT2D eigenvalue weighted by Crippen LogP contribution is -2.32. The van der Waals surface area contributed by atoms with Crippen LogP contribution in [0, 0.1) is 5.82 Å². The number of carbonyl (C=O) groups is 1. The summed E-state index contributed by atoms with van der Waals surface area (Å²) in [4.78, 5) is 12.4. The zero-order valence-electron chi connectivity index (χ0n) is 10.2. The fourth-order valence-corrected chi connectivity index (χ4v) is 1.63. The van der Waals surface area contributed by atoms with Crippen molar-refractivity contribution in [3.63, 3.8) is 0 Å². The van der Waals surface area contributed by atoms with Crippen molar-refractivity contribution in [2.75, 3.05) is 13.6 Å². The Bertz CT molecular complexity index is 381. The molecule has 0 aliphatic carbocycles. The Labute approximate surface area is 101 Å². The molecule has 0 aromatic heterocycles. The largest absolute Gasteiger partial charge is 0.481 e. The Balaban J connectivity index is 2.51. The van der Waals surface area contributed by atoms with Crippen LogP contribution in [0.4, 0.5) is 4.39 Å². The van der Waals surface area contributed by atoms with Crippen LogP contribution in [0.15, 0.2) is 24.3 Å². The molecule has 4 heteroatoms. The highest BCUT2D eigenvalue weighted by Crippen LogP contribution is 2.11. The quantitative estimate of drug-likeness (QED) is 0.827. The Hall–Kier alpha value is -1.42. The SMILES string of the molecule is CC(Cc1ccccc1F)N(C)CCC(=O)O. The fraction of sp³-hybridized carbons (Fsp3) is 0.462. The smallest absolute Gasteiger partial charge is 0.304 e. The molecule has 0 bridgehead atoms. The second kappa shape index (κ2) is 6.35. The molecule has 0 saturated heterocycles. The summed E-state index contributed by atoms with van der Waals surface area (Å²) in [5.74, 6) is -1.01. The number of likely N-dealkylation sites (N-methyl/N-ethyl adjacent to an activating group) is 1. The molecule has 3 nitrogen and oxygen atoms in total. The first-order chi connectivity index (χ1) is 8.00. The maximum Gasteiger partial charge on any atom is 0.304 e. The van der Waals surface area contributed by atoms with Crippen LogP contribution in [0.5, 0.6) is 0 Å². The van der Waals surface area contributed by atoms with E-state index < -0.39 is 5.97 Å². The summed E-state index contributed by atoms with van der Waals surface area (Å²) in [6, 6.07) is 6.79. The predicted octanol–water partition coefficient (Wildman–Crippen LogP) is 2.16. The van der Waals surface area contributed by atoms with Gasteiger partial charge in [0.1, 0.15) is 5.82 Å². The molecular weight excluding hydrogens is 221 g/mol. The summed E-state index contributed by atoms with van der Waals surface area (Å²) in [5, 5.41) is 8.59. The number of carboxylic acid groups (broad SMARTS) is 1. The second-order valence-electron chi connectivity index (χ2n) is 4.27. The number of hydrogen-bond acceptors (Lipinski definition) is 2. The van der Waals surface area contributed by atoms with Crippen LogP contribution in [0.2, 0.25) is 0 Å². The van der Waals surface area contributed by atoms with Gasteiger partial charge in [0, 0.05) is 12.6 Å². The molecule has 1 unspecified atom stereocenters. The summed E-state index contributed by atoms with van der Waals surface area (Å²) in [6.07, 6.45) is 0.695. The van der Waals surface area contributed by atoms with E-state index >= 15 is 0 Å². The van der Waals surface area contributed by atoms with Crippen molar-refractivity contribution in [3.8, 4) is 0 Å². The van der Waals surface area contributed by atoms with Crippen molar-refractivity contribution >= 4 is 5.97 Å². The van der Waals surface area contributed by atoms with Gasteiger partial charge in [0.2, 0.25) is 0 Å². The first-order valence-electron chi connectivity index (χ1n) is 5.66. The standard InChI is InChI=1S/C13H18FNO2/c1-10(15(2)8-7-13(16)17)9-11-5-3-4-6-12(11)14/h3-6,10H,7-9H2,1-2H3,(H,16,17). The maximum absolute atomic E-state index is 13.4. The summed E-state index contributed by atoms with van der Waals surface area (Å²) in [7, 11) is 1.86. The molecule has 0 aliphatic rings. The highest BCUT2D eigenvalue weighted by atomic mass is 19.1. The van der Waals surface area contributed by atoms with Crippen LogP contribution in [-0.2, 0) is 11.2 Å². The van der Waals surface area contributed by atoms with Crippen LogP contribution in [-0.4, -0.2) is 35.6 Å². The maximum atomic E-state index is 13.4. The fourth-order valence-electron chi connectivity index (χ4n) is 1.63. The van der Waals surface area contributed by atoms with E-state index in [9.17, 15) is 9.18 Å². The minimum absolute atomic E-state index is 0.109. The molecule has 1 N–H and O–H groups in total. The van der Waals surface area contributed by atoms with Crippen molar-refractivity contribution in [1.29, 1.82) is 0 Å². The molecule has 0 saturated carbocycles. The molecule has 0 spiro atoms. The average Bonchev–Trinajstić information content (AvgIpc) is 2.28. The number of carboxylic acids is 1. The predicted molar refractivity (Wildman–Crippen MR) is 64.4 cm³/mol. The van der Waals surface area contributed by atoms with Gasteiger partial charge in [-0.1, -0.05) is 18.2 Å². The number of aliphatic carboxylic acids is 1. The van der Waals surface area contributed by atoms with Gasteiger partial charge in [0.05, 0.1) is 6.42 Å². The molecule has 0 radical (unpaired) electrons. The second-order valence-corrected chi connectivity index (χ2v) is 4.27. The third kappa shape index (κ3) is 4.53. The first-order valence-corrected chi connectivity index (χ1v) is 5.66. The number of benzene rings is 1. The Kier molecular flexibility index (Phi) is 5.10. The average molecular weight is 239 g/mol.